The van der Waals surface area contributed by atoms with E-state index in [9.17, 15) is 4.39 Å². The molecular weight excluding hydrogens is 347 g/mol. The van der Waals surface area contributed by atoms with Gasteiger partial charge in [0.25, 0.3) is 0 Å². The molecular formula is C22H26ClFN2. The molecule has 4 heteroatoms. The summed E-state index contributed by atoms with van der Waals surface area (Å²) in [5.74, 6) is -0.330. The van der Waals surface area contributed by atoms with E-state index in [-0.39, 0.29) is 10.8 Å². The van der Waals surface area contributed by atoms with Gasteiger partial charge in [0.15, 0.2) is 0 Å². The number of piperidine rings is 1. The van der Waals surface area contributed by atoms with Crippen LogP contribution in [0.15, 0.2) is 36.4 Å². The maximum Gasteiger partial charge on any atom is 0.143 e. The van der Waals surface area contributed by atoms with Gasteiger partial charge in [0.2, 0.25) is 0 Å². The van der Waals surface area contributed by atoms with E-state index in [0.29, 0.717) is 12.1 Å². The fraction of sp³-hybridized carbons (Fsp3) is 0.455. The summed E-state index contributed by atoms with van der Waals surface area (Å²) >= 11 is 5.84. The van der Waals surface area contributed by atoms with Crippen LogP contribution < -0.4 is 4.90 Å². The molecule has 2 aromatic carbocycles. The summed E-state index contributed by atoms with van der Waals surface area (Å²) in [5, 5.41) is 0.194. The van der Waals surface area contributed by atoms with Crippen molar-refractivity contribution in [2.45, 2.75) is 45.2 Å². The molecule has 0 saturated carbocycles. The summed E-state index contributed by atoms with van der Waals surface area (Å²) in [4.78, 5) is 4.99. The van der Waals surface area contributed by atoms with Gasteiger partial charge in [-0.05, 0) is 68.0 Å². The normalized spacial score (nSPS) is 23.8. The Morgan fingerprint density at radius 1 is 1.00 bits per heavy atom. The molecule has 2 nitrogen and oxygen atoms in total. The number of aryl methyl sites for hydroxylation is 2. The molecule has 2 heterocycles. The lowest BCUT2D eigenvalue weighted by molar-refractivity contribution is 0.0716. The Labute approximate surface area is 160 Å². The highest BCUT2D eigenvalue weighted by Crippen LogP contribution is 2.37. The Bertz CT molecular complexity index is 807. The first-order valence-corrected chi connectivity index (χ1v) is 9.93. The van der Waals surface area contributed by atoms with E-state index in [1.165, 1.54) is 36.0 Å². The van der Waals surface area contributed by atoms with Gasteiger partial charge in [0.05, 0.1) is 5.02 Å². The van der Waals surface area contributed by atoms with Crippen LogP contribution in [0.4, 0.5) is 10.1 Å². The SMILES string of the molecule is Cc1ccc(C2CCCC3CN(c4ccc(Cl)c(F)c4)CCN32)cc1C. The third-order valence-corrected chi connectivity index (χ3v) is 6.43. The summed E-state index contributed by atoms with van der Waals surface area (Å²) in [7, 11) is 0. The molecule has 2 fully saturated rings. The topological polar surface area (TPSA) is 6.48 Å². The maximum atomic E-state index is 13.9. The van der Waals surface area contributed by atoms with Crippen LogP contribution in [-0.4, -0.2) is 30.6 Å². The number of hydrogen-bond donors (Lipinski definition) is 0. The van der Waals surface area contributed by atoms with E-state index in [1.807, 2.05) is 6.07 Å². The maximum absolute atomic E-state index is 13.9. The first-order valence-electron chi connectivity index (χ1n) is 9.56. The third kappa shape index (κ3) is 3.35. The molecule has 0 aromatic heterocycles. The Morgan fingerprint density at radius 2 is 1.85 bits per heavy atom. The first-order chi connectivity index (χ1) is 12.5. The summed E-state index contributed by atoms with van der Waals surface area (Å²) < 4.78 is 13.9. The fourth-order valence-corrected chi connectivity index (χ4v) is 4.61. The van der Waals surface area contributed by atoms with Gasteiger partial charge in [0, 0.05) is 37.4 Å². The molecule has 0 bridgehead atoms. The van der Waals surface area contributed by atoms with Gasteiger partial charge in [-0.1, -0.05) is 29.8 Å². The minimum atomic E-state index is -0.330. The molecule has 2 saturated heterocycles. The number of benzene rings is 2. The molecule has 138 valence electrons. The Kier molecular flexibility index (Phi) is 4.94. The zero-order valence-corrected chi connectivity index (χ0v) is 16.3. The Morgan fingerprint density at radius 3 is 2.62 bits per heavy atom. The van der Waals surface area contributed by atoms with E-state index in [1.54, 1.807) is 12.1 Å². The lowest BCUT2D eigenvalue weighted by Crippen LogP contribution is -2.55. The van der Waals surface area contributed by atoms with Crippen LogP contribution in [0.1, 0.15) is 42.0 Å². The van der Waals surface area contributed by atoms with Crippen LogP contribution in [0.2, 0.25) is 5.02 Å². The van der Waals surface area contributed by atoms with Gasteiger partial charge in [-0.15, -0.1) is 0 Å². The smallest absolute Gasteiger partial charge is 0.143 e. The number of fused-ring (bicyclic) bond motifs is 1. The van der Waals surface area contributed by atoms with Crippen molar-refractivity contribution in [3.8, 4) is 0 Å². The predicted octanol–water partition coefficient (Wildman–Crippen LogP) is 5.51. The van der Waals surface area contributed by atoms with E-state index in [2.05, 4.69) is 41.8 Å². The molecule has 0 aliphatic carbocycles. The van der Waals surface area contributed by atoms with Crippen LogP contribution in [0.5, 0.6) is 0 Å². The van der Waals surface area contributed by atoms with E-state index in [0.717, 1.165) is 25.3 Å². The molecule has 0 N–H and O–H groups in total. The van der Waals surface area contributed by atoms with Crippen molar-refractivity contribution in [2.75, 3.05) is 24.5 Å². The summed E-state index contributed by atoms with van der Waals surface area (Å²) in [6, 6.07) is 13.1. The van der Waals surface area contributed by atoms with Crippen molar-refractivity contribution in [3.05, 3.63) is 63.9 Å². The minimum absolute atomic E-state index is 0.194. The average Bonchev–Trinajstić information content (AvgIpc) is 2.65. The number of halogens is 2. The molecule has 0 radical (unpaired) electrons. The summed E-state index contributed by atoms with van der Waals surface area (Å²) in [5.41, 5.74) is 5.12. The number of anilines is 1. The molecule has 0 amide bonds. The largest absolute Gasteiger partial charge is 0.369 e. The highest BCUT2D eigenvalue weighted by molar-refractivity contribution is 6.30. The van der Waals surface area contributed by atoms with Crippen LogP contribution >= 0.6 is 11.6 Å². The summed E-state index contributed by atoms with van der Waals surface area (Å²) in [6.07, 6.45) is 3.70. The van der Waals surface area contributed by atoms with Crippen LogP contribution in [0.3, 0.4) is 0 Å². The number of rotatable bonds is 2. The zero-order chi connectivity index (χ0) is 18.3. The van der Waals surface area contributed by atoms with Crippen molar-refractivity contribution in [2.24, 2.45) is 0 Å². The highest BCUT2D eigenvalue weighted by Gasteiger charge is 2.35. The quantitative estimate of drug-likeness (QED) is 0.685. The molecule has 4 rings (SSSR count). The molecule has 2 aromatic rings. The van der Waals surface area contributed by atoms with E-state index in [4.69, 9.17) is 11.6 Å². The zero-order valence-electron chi connectivity index (χ0n) is 15.5. The van der Waals surface area contributed by atoms with Crippen molar-refractivity contribution < 1.29 is 4.39 Å². The minimum Gasteiger partial charge on any atom is -0.369 e. The molecule has 2 atom stereocenters. The Hall–Kier alpha value is -1.58. The van der Waals surface area contributed by atoms with Gasteiger partial charge in [-0.3, -0.25) is 4.90 Å². The monoisotopic (exact) mass is 372 g/mol. The predicted molar refractivity (Wildman–Crippen MR) is 107 cm³/mol. The van der Waals surface area contributed by atoms with E-state index >= 15 is 0 Å². The van der Waals surface area contributed by atoms with Crippen LogP contribution in [0.25, 0.3) is 0 Å². The van der Waals surface area contributed by atoms with Gasteiger partial charge < -0.3 is 4.90 Å². The van der Waals surface area contributed by atoms with Gasteiger partial charge in [0.1, 0.15) is 5.82 Å². The summed E-state index contributed by atoms with van der Waals surface area (Å²) in [6.45, 7) is 7.28. The standard InChI is InChI=1S/C22H26ClFN2/c1-15-6-7-17(12-16(15)2)22-5-3-4-19-14-25(10-11-26(19)22)18-8-9-20(23)21(24)13-18/h6-9,12-13,19,22H,3-5,10-11,14H2,1-2H3. The second-order valence-electron chi connectivity index (χ2n) is 7.73. The van der Waals surface area contributed by atoms with Crippen molar-refractivity contribution in [1.82, 2.24) is 4.90 Å². The lowest BCUT2D eigenvalue weighted by atomic mass is 9.88. The highest BCUT2D eigenvalue weighted by atomic mass is 35.5. The molecule has 2 aliphatic rings. The van der Waals surface area contributed by atoms with E-state index < -0.39 is 0 Å². The number of piperazine rings is 1. The molecule has 0 spiro atoms. The van der Waals surface area contributed by atoms with Crippen LogP contribution in [0, 0.1) is 19.7 Å². The number of nitrogens with zero attached hydrogens (tertiary/aromatic N) is 2. The van der Waals surface area contributed by atoms with Crippen molar-refractivity contribution in [3.63, 3.8) is 0 Å². The second kappa shape index (κ2) is 7.21. The Balaban J connectivity index is 1.53. The van der Waals surface area contributed by atoms with Gasteiger partial charge in [-0.25, -0.2) is 4.39 Å². The van der Waals surface area contributed by atoms with Crippen LogP contribution in [-0.2, 0) is 0 Å². The molecule has 26 heavy (non-hydrogen) atoms. The fourth-order valence-electron chi connectivity index (χ4n) is 4.50. The van der Waals surface area contributed by atoms with Gasteiger partial charge >= 0.3 is 0 Å². The third-order valence-electron chi connectivity index (χ3n) is 6.13. The second-order valence-corrected chi connectivity index (χ2v) is 8.13. The van der Waals surface area contributed by atoms with Crippen molar-refractivity contribution in [1.29, 1.82) is 0 Å². The lowest BCUT2D eigenvalue weighted by Gasteiger charge is -2.49. The van der Waals surface area contributed by atoms with Gasteiger partial charge in [-0.2, -0.15) is 0 Å². The molecule has 2 aliphatic heterocycles. The van der Waals surface area contributed by atoms with Crippen molar-refractivity contribution >= 4 is 17.3 Å². The molecule has 2 unspecified atom stereocenters. The number of hydrogen-bond acceptors (Lipinski definition) is 2. The average molecular weight is 373 g/mol. The first kappa shape index (κ1) is 17.8.